The number of hydrogen-bond acceptors (Lipinski definition) is 6. The number of ether oxygens (including phenoxy) is 1. The minimum Gasteiger partial charge on any atom is -0.457 e. The lowest BCUT2D eigenvalue weighted by Crippen LogP contribution is -2.34. The Balaban J connectivity index is 1.85. The molecule has 2 rings (SSSR count). The van der Waals surface area contributed by atoms with Crippen LogP contribution >= 0.6 is 11.3 Å². The second-order valence-corrected chi connectivity index (χ2v) is 7.34. The van der Waals surface area contributed by atoms with Gasteiger partial charge in [-0.05, 0) is 24.3 Å². The van der Waals surface area contributed by atoms with E-state index in [4.69, 9.17) is 9.15 Å². The van der Waals surface area contributed by atoms with E-state index in [1.807, 2.05) is 20.8 Å². The minimum absolute atomic E-state index is 0.0551. The van der Waals surface area contributed by atoms with Gasteiger partial charge < -0.3 is 14.5 Å². The summed E-state index contributed by atoms with van der Waals surface area (Å²) < 4.78 is 9.81. The molecule has 0 unspecified atom stereocenters. The summed E-state index contributed by atoms with van der Waals surface area (Å²) in [5.41, 5.74) is -0.462. The summed E-state index contributed by atoms with van der Waals surface area (Å²) in [7, 11) is 0. The quantitative estimate of drug-likeness (QED) is 0.640. The summed E-state index contributed by atoms with van der Waals surface area (Å²) in [4.78, 5) is 36.8. The van der Waals surface area contributed by atoms with Crippen LogP contribution in [0.25, 0.3) is 0 Å². The second-order valence-electron chi connectivity index (χ2n) is 6.18. The molecule has 0 fully saturated rings. The van der Waals surface area contributed by atoms with Crippen molar-refractivity contribution in [2.45, 2.75) is 27.3 Å². The third-order valence-electron chi connectivity index (χ3n) is 3.10. The molecule has 0 atom stereocenters. The van der Waals surface area contributed by atoms with Crippen molar-refractivity contribution in [2.75, 3.05) is 6.61 Å². The molecule has 2 heterocycles. The summed E-state index contributed by atoms with van der Waals surface area (Å²) in [6, 6.07) is 6.46. The monoisotopic (exact) mass is 349 g/mol. The van der Waals surface area contributed by atoms with Crippen molar-refractivity contribution in [3.05, 3.63) is 46.0 Å². The number of rotatable bonds is 6. The Kier molecular flexibility index (Phi) is 5.56. The van der Waals surface area contributed by atoms with Gasteiger partial charge >= 0.3 is 5.97 Å². The lowest BCUT2D eigenvalue weighted by Gasteiger charge is -2.17. The van der Waals surface area contributed by atoms with Crippen LogP contribution in [0, 0.1) is 5.41 Å². The highest BCUT2D eigenvalue weighted by Gasteiger charge is 2.21. The van der Waals surface area contributed by atoms with E-state index in [9.17, 15) is 14.4 Å². The van der Waals surface area contributed by atoms with Crippen LogP contribution in [0.4, 0.5) is 0 Å². The van der Waals surface area contributed by atoms with Crippen LogP contribution in [-0.4, -0.2) is 24.3 Å². The van der Waals surface area contributed by atoms with Gasteiger partial charge in [-0.2, -0.15) is 0 Å². The molecule has 1 N–H and O–H groups in total. The van der Waals surface area contributed by atoms with E-state index in [1.165, 1.54) is 23.7 Å². The third-order valence-corrected chi connectivity index (χ3v) is 4.22. The van der Waals surface area contributed by atoms with Gasteiger partial charge in [0.05, 0.1) is 17.7 Å². The van der Waals surface area contributed by atoms with E-state index in [0.29, 0.717) is 11.4 Å². The fraction of sp³-hybridized carbons (Fsp3) is 0.353. The highest BCUT2D eigenvalue weighted by atomic mass is 32.1. The van der Waals surface area contributed by atoms with Crippen molar-refractivity contribution >= 4 is 29.0 Å². The van der Waals surface area contributed by atoms with Crippen molar-refractivity contribution < 1.29 is 23.5 Å². The van der Waals surface area contributed by atoms with E-state index in [-0.39, 0.29) is 24.1 Å². The van der Waals surface area contributed by atoms with Gasteiger partial charge in [0.1, 0.15) is 0 Å². The van der Waals surface area contributed by atoms with Gasteiger partial charge in [-0.15, -0.1) is 11.3 Å². The summed E-state index contributed by atoms with van der Waals surface area (Å²) in [6.07, 6.45) is 1.36. The Morgan fingerprint density at radius 1 is 1.21 bits per heavy atom. The number of ketones is 1. The molecule has 0 aromatic carbocycles. The Morgan fingerprint density at radius 3 is 2.58 bits per heavy atom. The summed E-state index contributed by atoms with van der Waals surface area (Å²) >= 11 is 1.26. The molecule has 128 valence electrons. The molecule has 0 saturated heterocycles. The molecule has 0 spiro atoms. The number of furan rings is 1. The standard InChI is InChI=1S/C17H19NO5S/c1-17(2,3)16(21)18-9-11-6-7-14(24-11)12(19)10-23-15(20)13-5-4-8-22-13/h4-8H,9-10H2,1-3H3,(H,18,21). The zero-order chi connectivity index (χ0) is 17.7. The van der Waals surface area contributed by atoms with E-state index >= 15 is 0 Å². The number of thiophene rings is 1. The first-order chi connectivity index (χ1) is 11.3. The summed E-state index contributed by atoms with van der Waals surface area (Å²) in [6.45, 7) is 5.51. The van der Waals surface area contributed by atoms with Crippen LogP contribution in [0.1, 0.15) is 45.9 Å². The molecule has 1 amide bonds. The minimum atomic E-state index is -0.678. The van der Waals surface area contributed by atoms with Crippen LogP contribution in [0.5, 0.6) is 0 Å². The molecule has 6 nitrogen and oxygen atoms in total. The van der Waals surface area contributed by atoms with Crippen molar-refractivity contribution in [3.8, 4) is 0 Å². The van der Waals surface area contributed by atoms with Crippen molar-refractivity contribution in [1.29, 1.82) is 0 Å². The molecule has 0 aliphatic heterocycles. The predicted molar refractivity (Wildman–Crippen MR) is 88.9 cm³/mol. The summed E-state index contributed by atoms with van der Waals surface area (Å²) in [5.74, 6) is -0.980. The predicted octanol–water partition coefficient (Wildman–Crippen LogP) is 3.04. The maximum atomic E-state index is 12.0. The average molecular weight is 349 g/mol. The van der Waals surface area contributed by atoms with Gasteiger partial charge in [-0.25, -0.2) is 4.79 Å². The Bertz CT molecular complexity index is 724. The summed E-state index contributed by atoms with van der Waals surface area (Å²) in [5, 5.41) is 2.82. The zero-order valence-corrected chi connectivity index (χ0v) is 14.6. The fourth-order valence-corrected chi connectivity index (χ4v) is 2.60. The SMILES string of the molecule is CC(C)(C)C(=O)NCc1ccc(C(=O)COC(=O)c2ccco2)s1. The van der Waals surface area contributed by atoms with Crippen molar-refractivity contribution in [2.24, 2.45) is 5.41 Å². The van der Waals surface area contributed by atoms with Crippen LogP contribution < -0.4 is 5.32 Å². The van der Waals surface area contributed by atoms with E-state index in [1.54, 1.807) is 18.2 Å². The molecule has 7 heteroatoms. The van der Waals surface area contributed by atoms with Crippen LogP contribution in [-0.2, 0) is 16.1 Å². The number of nitrogens with one attached hydrogen (secondary N) is 1. The lowest BCUT2D eigenvalue weighted by atomic mass is 9.96. The Morgan fingerprint density at radius 2 is 1.96 bits per heavy atom. The molecular formula is C17H19NO5S. The fourth-order valence-electron chi connectivity index (χ4n) is 1.72. The zero-order valence-electron chi connectivity index (χ0n) is 13.8. The molecule has 24 heavy (non-hydrogen) atoms. The Labute approximate surface area is 143 Å². The van der Waals surface area contributed by atoms with E-state index in [0.717, 1.165) is 4.88 Å². The number of esters is 1. The highest BCUT2D eigenvalue weighted by molar-refractivity contribution is 7.14. The van der Waals surface area contributed by atoms with Crippen LogP contribution in [0.15, 0.2) is 34.9 Å². The molecular weight excluding hydrogens is 330 g/mol. The van der Waals surface area contributed by atoms with E-state index < -0.39 is 11.4 Å². The molecule has 0 bridgehead atoms. The van der Waals surface area contributed by atoms with Gasteiger partial charge in [-0.3, -0.25) is 9.59 Å². The smallest absolute Gasteiger partial charge is 0.374 e. The lowest BCUT2D eigenvalue weighted by molar-refractivity contribution is -0.128. The number of hydrogen-bond donors (Lipinski definition) is 1. The maximum Gasteiger partial charge on any atom is 0.374 e. The third kappa shape index (κ3) is 4.79. The molecule has 0 aliphatic rings. The van der Waals surface area contributed by atoms with Gasteiger partial charge in [0, 0.05) is 10.3 Å². The van der Waals surface area contributed by atoms with Gasteiger partial charge in [0.2, 0.25) is 17.5 Å². The van der Waals surface area contributed by atoms with Crippen molar-refractivity contribution in [3.63, 3.8) is 0 Å². The van der Waals surface area contributed by atoms with Crippen LogP contribution in [0.2, 0.25) is 0 Å². The number of Topliss-reactive ketones (excluding diaryl/α,β-unsaturated/α-hetero) is 1. The Hall–Kier alpha value is -2.41. The largest absolute Gasteiger partial charge is 0.457 e. The normalized spacial score (nSPS) is 11.1. The van der Waals surface area contributed by atoms with Gasteiger partial charge in [-0.1, -0.05) is 20.8 Å². The van der Waals surface area contributed by atoms with E-state index in [2.05, 4.69) is 5.32 Å². The highest BCUT2D eigenvalue weighted by Crippen LogP contribution is 2.19. The average Bonchev–Trinajstić information content (AvgIpc) is 3.20. The number of amides is 1. The van der Waals surface area contributed by atoms with Crippen LogP contribution in [0.3, 0.4) is 0 Å². The molecule has 0 radical (unpaired) electrons. The maximum absolute atomic E-state index is 12.0. The molecule has 2 aromatic heterocycles. The van der Waals surface area contributed by atoms with Crippen molar-refractivity contribution in [1.82, 2.24) is 5.32 Å². The molecule has 2 aromatic rings. The van der Waals surface area contributed by atoms with Gasteiger partial charge in [0.25, 0.3) is 0 Å². The number of carbonyl (C=O) groups excluding carboxylic acids is 3. The topological polar surface area (TPSA) is 85.6 Å². The molecule has 0 aliphatic carbocycles. The number of carbonyl (C=O) groups is 3. The second kappa shape index (κ2) is 7.44. The molecule has 0 saturated carbocycles. The van der Waals surface area contributed by atoms with Gasteiger partial charge in [0.15, 0.2) is 6.61 Å². The first-order valence-corrected chi connectivity index (χ1v) is 8.20. The first-order valence-electron chi connectivity index (χ1n) is 7.38. The first kappa shape index (κ1) is 17.9.